The van der Waals surface area contributed by atoms with Crippen LogP contribution in [0.1, 0.15) is 0 Å². The maximum atomic E-state index is 10.1. The molecule has 0 aliphatic carbocycles. The molecule has 0 atom stereocenters. The minimum Gasteiger partial charge on any atom is 1.00 e. The summed E-state index contributed by atoms with van der Waals surface area (Å²) >= 11 is -17.3. The average molecular weight is 625 g/mol. The molecule has 18 heteroatoms. The SMILES string of the molecule is [O]=[Ge]([O-])[F].[O]=[Ge]([O-])[F].[O]=[Ge]([O-])[F].[O]=[Ge]([O-])[F].[Rb+].[Sc+3]. The van der Waals surface area contributed by atoms with Gasteiger partial charge in [0.2, 0.25) is 0 Å². The van der Waals surface area contributed by atoms with Crippen molar-refractivity contribution < 1.29 is 130 Å². The van der Waals surface area contributed by atoms with E-state index in [4.69, 9.17) is 31.6 Å². The number of hydrogen-bond acceptors (Lipinski definition) is 8. The Morgan fingerprint density at radius 3 is 0.556 bits per heavy atom. The molecule has 96 valence electrons. The van der Waals surface area contributed by atoms with E-state index in [-0.39, 0.29) is 84.0 Å². The summed E-state index contributed by atoms with van der Waals surface area (Å²) in [5.41, 5.74) is 0. The molecular formula is F4Ge4O8RbSc. The fourth-order valence-electron chi connectivity index (χ4n) is 0. The van der Waals surface area contributed by atoms with E-state index in [9.17, 15) is 14.0 Å². The van der Waals surface area contributed by atoms with Crippen molar-refractivity contribution in [2.24, 2.45) is 0 Å². The van der Waals surface area contributed by atoms with Gasteiger partial charge in [-0.25, -0.2) is 0 Å². The van der Waals surface area contributed by atoms with E-state index in [0.29, 0.717) is 0 Å². The molecule has 0 amide bonds. The average Bonchev–Trinajstić information content (AvgIpc) is 1.76. The first kappa shape index (κ1) is 37.3. The van der Waals surface area contributed by atoms with Crippen molar-refractivity contribution in [2.75, 3.05) is 0 Å². The molecule has 0 aromatic rings. The minimum absolute atomic E-state index is 0. The maximum Gasteiger partial charge on any atom is 3.00 e. The van der Waals surface area contributed by atoms with Crippen LogP contribution in [0, 0.1) is 0 Å². The number of hydrogen-bond donors (Lipinski definition) is 0. The van der Waals surface area contributed by atoms with E-state index in [2.05, 4.69) is 0 Å². The van der Waals surface area contributed by atoms with Crippen LogP contribution < -0.4 is 74.7 Å². The van der Waals surface area contributed by atoms with Crippen LogP contribution in [0.15, 0.2) is 0 Å². The van der Waals surface area contributed by atoms with Crippen LogP contribution in [-0.2, 0) is 41.0 Å². The Hall–Kier alpha value is 2.97. The third-order valence-electron chi connectivity index (χ3n) is 0. The van der Waals surface area contributed by atoms with Gasteiger partial charge in [0, 0.05) is 0 Å². The summed E-state index contributed by atoms with van der Waals surface area (Å²) in [6.07, 6.45) is 0. The first-order valence-electron chi connectivity index (χ1n) is 2.39. The van der Waals surface area contributed by atoms with Gasteiger partial charge in [0.1, 0.15) is 0 Å². The standard InChI is InChI=1S/4FGeO2.Rb.Sc/c4*1-2(3)4;;/q4*-1;+1;+3. The Labute approximate surface area is 186 Å². The molecule has 0 N–H and O–H groups in total. The largest absolute Gasteiger partial charge is 3.00 e. The fourth-order valence-corrected chi connectivity index (χ4v) is 0. The molecule has 0 aliphatic rings. The zero-order valence-corrected chi connectivity index (χ0v) is 23.5. The van der Waals surface area contributed by atoms with Crippen molar-refractivity contribution in [3.05, 3.63) is 0 Å². The molecule has 0 saturated carbocycles. The smallest absolute Gasteiger partial charge is 1.00 e. The van der Waals surface area contributed by atoms with Crippen molar-refractivity contribution >= 4 is 60.3 Å². The van der Waals surface area contributed by atoms with Gasteiger partial charge >= 0.3 is 190 Å². The second kappa shape index (κ2) is 32.1. The van der Waals surface area contributed by atoms with Crippen LogP contribution >= 0.6 is 0 Å². The van der Waals surface area contributed by atoms with Gasteiger partial charge in [-0.2, -0.15) is 0 Å². The molecule has 0 saturated heterocycles. The van der Waals surface area contributed by atoms with Gasteiger partial charge < -0.3 is 0 Å². The molecule has 0 radical (unpaired) electrons. The van der Waals surface area contributed by atoms with Gasteiger partial charge in [-0.3, -0.25) is 0 Å². The molecule has 0 unspecified atom stereocenters. The van der Waals surface area contributed by atoms with Crippen molar-refractivity contribution in [1.29, 1.82) is 0 Å². The number of halogens is 4. The second-order valence-electron chi connectivity index (χ2n) is 0.951. The summed E-state index contributed by atoms with van der Waals surface area (Å²) in [5, 5.41) is 0. The molecule has 8 nitrogen and oxygen atoms in total. The molecule has 18 heavy (non-hydrogen) atoms. The van der Waals surface area contributed by atoms with E-state index in [1.54, 1.807) is 0 Å². The monoisotopic (exact) mass is 630 g/mol. The molecular weight excluding hydrogens is 625 g/mol. The maximum absolute atomic E-state index is 10.1. The zero-order chi connectivity index (χ0) is 14.3. The van der Waals surface area contributed by atoms with E-state index in [1.165, 1.54) is 0 Å². The molecule has 0 aromatic carbocycles. The van der Waals surface area contributed by atoms with Crippen molar-refractivity contribution in [1.82, 2.24) is 0 Å². The van der Waals surface area contributed by atoms with Gasteiger partial charge in [0.05, 0.1) is 0 Å². The van der Waals surface area contributed by atoms with Gasteiger partial charge in [-0.1, -0.05) is 0 Å². The van der Waals surface area contributed by atoms with Crippen LogP contribution in [0.25, 0.3) is 0 Å². The summed E-state index contributed by atoms with van der Waals surface area (Å²) in [6, 6.07) is 0. The van der Waals surface area contributed by atoms with Crippen molar-refractivity contribution in [3.63, 3.8) is 0 Å². The first-order valence-corrected chi connectivity index (χ1v) is 12.4. The van der Waals surface area contributed by atoms with Crippen LogP contribution in [0.3, 0.4) is 0 Å². The van der Waals surface area contributed by atoms with Crippen LogP contribution in [0.4, 0.5) is 14.0 Å². The summed E-state index contributed by atoms with van der Waals surface area (Å²) < 4.78 is 108. The molecule has 0 fully saturated rings. The summed E-state index contributed by atoms with van der Waals surface area (Å²) in [5.74, 6) is 0. The molecule has 0 aromatic heterocycles. The topological polar surface area (TPSA) is 161 Å². The van der Waals surface area contributed by atoms with Gasteiger partial charge in [0.25, 0.3) is 0 Å². The molecule has 0 heterocycles. The van der Waals surface area contributed by atoms with E-state index >= 15 is 0 Å². The molecule has 0 spiro atoms. The van der Waals surface area contributed by atoms with Crippen molar-refractivity contribution in [3.8, 4) is 0 Å². The zero-order valence-electron chi connectivity index (χ0n) is 8.36. The molecule has 0 bridgehead atoms. The van der Waals surface area contributed by atoms with Crippen LogP contribution in [0.5, 0.6) is 0 Å². The first-order chi connectivity index (χ1) is 6.93. The molecule has 0 aliphatic heterocycles. The normalized spacial score (nSPS) is 5.56. The Bertz CT molecular complexity index is 175. The Morgan fingerprint density at radius 1 is 0.556 bits per heavy atom. The minimum atomic E-state index is -4.33. The third kappa shape index (κ3) is 696. The van der Waals surface area contributed by atoms with Crippen LogP contribution in [0.2, 0.25) is 0 Å². The van der Waals surface area contributed by atoms with Gasteiger partial charge in [-0.15, -0.1) is 0 Å². The Balaban J connectivity index is -0.0000000257. The quantitative estimate of drug-likeness (QED) is 0.190. The third-order valence-corrected chi connectivity index (χ3v) is 0. The Morgan fingerprint density at radius 2 is 0.556 bits per heavy atom. The van der Waals surface area contributed by atoms with E-state index < -0.39 is 60.3 Å². The number of rotatable bonds is 0. The summed E-state index contributed by atoms with van der Waals surface area (Å²) in [6.45, 7) is 0. The second-order valence-corrected chi connectivity index (χ2v) is 4.94. The summed E-state index contributed by atoms with van der Waals surface area (Å²) in [4.78, 5) is 0. The van der Waals surface area contributed by atoms with Crippen LogP contribution in [-0.4, -0.2) is 60.3 Å². The van der Waals surface area contributed by atoms with Gasteiger partial charge in [-0.05, 0) is 0 Å². The predicted octanol–water partition coefficient (Wildman–Crippen LogP) is -8.07. The van der Waals surface area contributed by atoms with Gasteiger partial charge in [0.15, 0.2) is 0 Å². The molecule has 0 rings (SSSR count). The van der Waals surface area contributed by atoms with E-state index in [1.807, 2.05) is 0 Å². The fraction of sp³-hybridized carbons (Fsp3) is 0. The summed E-state index contributed by atoms with van der Waals surface area (Å²) in [7, 11) is 0. The predicted molar refractivity (Wildman–Crippen MR) is 30.2 cm³/mol. The Kier molecular flexibility index (Phi) is 66.5. The van der Waals surface area contributed by atoms with E-state index in [0.717, 1.165) is 0 Å². The van der Waals surface area contributed by atoms with Crippen molar-refractivity contribution in [2.45, 2.75) is 0 Å².